The largest absolute Gasteiger partial charge is 0.314 e. The molecule has 82 valence electrons. The first-order valence-corrected chi connectivity index (χ1v) is 5.71. The minimum atomic E-state index is -0.708. The van der Waals surface area contributed by atoms with Crippen LogP contribution in [0.15, 0.2) is 11.5 Å². The molecule has 0 saturated heterocycles. The van der Waals surface area contributed by atoms with Gasteiger partial charge in [-0.2, -0.15) is 5.26 Å². The van der Waals surface area contributed by atoms with Crippen molar-refractivity contribution in [2.75, 3.05) is 5.75 Å². The molecule has 0 radical (unpaired) electrons. The molecule has 0 aliphatic carbocycles. The Labute approximate surface area is 93.7 Å². The Bertz CT molecular complexity index is 352. The van der Waals surface area contributed by atoms with Crippen LogP contribution in [0.25, 0.3) is 0 Å². The van der Waals surface area contributed by atoms with E-state index >= 15 is 0 Å². The van der Waals surface area contributed by atoms with Gasteiger partial charge in [-0.25, -0.2) is 0 Å². The summed E-state index contributed by atoms with van der Waals surface area (Å²) in [7, 11) is 1.91. The van der Waals surface area contributed by atoms with Gasteiger partial charge in [-0.05, 0) is 19.8 Å². The summed E-state index contributed by atoms with van der Waals surface area (Å²) >= 11 is 1.63. The van der Waals surface area contributed by atoms with Gasteiger partial charge < -0.3 is 10.3 Å². The fourth-order valence-electron chi connectivity index (χ4n) is 1.06. The van der Waals surface area contributed by atoms with Crippen LogP contribution in [0.1, 0.15) is 19.8 Å². The first-order chi connectivity index (χ1) is 7.05. The fourth-order valence-corrected chi connectivity index (χ4v) is 1.89. The van der Waals surface area contributed by atoms with Gasteiger partial charge >= 0.3 is 0 Å². The molecular weight excluding hydrogens is 210 g/mol. The van der Waals surface area contributed by atoms with Crippen LogP contribution in [0.4, 0.5) is 0 Å². The van der Waals surface area contributed by atoms with Gasteiger partial charge in [0.15, 0.2) is 5.16 Å². The van der Waals surface area contributed by atoms with Gasteiger partial charge in [-0.15, -0.1) is 10.2 Å². The SMILES string of the molecule is Cn1cnnc1SCCCC(C)(N)C#N. The van der Waals surface area contributed by atoms with Crippen LogP contribution in [-0.2, 0) is 7.05 Å². The monoisotopic (exact) mass is 225 g/mol. The third-order valence-corrected chi connectivity index (χ3v) is 3.12. The maximum absolute atomic E-state index is 8.71. The lowest BCUT2D eigenvalue weighted by Crippen LogP contribution is -2.33. The minimum Gasteiger partial charge on any atom is -0.314 e. The van der Waals surface area contributed by atoms with Crippen molar-refractivity contribution < 1.29 is 0 Å². The molecule has 15 heavy (non-hydrogen) atoms. The van der Waals surface area contributed by atoms with Crippen LogP contribution >= 0.6 is 11.8 Å². The van der Waals surface area contributed by atoms with E-state index in [1.165, 1.54) is 0 Å². The number of hydrogen-bond donors (Lipinski definition) is 1. The van der Waals surface area contributed by atoms with Gasteiger partial charge in [0.1, 0.15) is 11.9 Å². The number of aromatic nitrogens is 3. The molecule has 2 N–H and O–H groups in total. The van der Waals surface area contributed by atoms with Gasteiger partial charge in [-0.3, -0.25) is 0 Å². The van der Waals surface area contributed by atoms with E-state index in [1.807, 2.05) is 11.6 Å². The first-order valence-electron chi connectivity index (χ1n) is 4.72. The average molecular weight is 225 g/mol. The van der Waals surface area contributed by atoms with E-state index in [1.54, 1.807) is 25.0 Å². The Kier molecular flexibility index (Phi) is 4.12. The molecule has 0 aromatic carbocycles. The van der Waals surface area contributed by atoms with Crippen LogP contribution in [0.5, 0.6) is 0 Å². The van der Waals surface area contributed by atoms with E-state index < -0.39 is 5.54 Å². The third-order valence-electron chi connectivity index (χ3n) is 2.00. The highest BCUT2D eigenvalue weighted by atomic mass is 32.2. The summed E-state index contributed by atoms with van der Waals surface area (Å²) in [4.78, 5) is 0. The maximum atomic E-state index is 8.71. The van der Waals surface area contributed by atoms with Gasteiger partial charge in [-0.1, -0.05) is 11.8 Å². The molecule has 1 unspecified atom stereocenters. The molecular formula is C9H15N5S. The molecule has 0 spiro atoms. The van der Waals surface area contributed by atoms with Crippen molar-refractivity contribution in [1.82, 2.24) is 14.8 Å². The van der Waals surface area contributed by atoms with Crippen molar-refractivity contribution in [3.05, 3.63) is 6.33 Å². The number of rotatable bonds is 5. The molecule has 0 bridgehead atoms. The van der Waals surface area contributed by atoms with Crippen molar-refractivity contribution in [2.45, 2.75) is 30.5 Å². The van der Waals surface area contributed by atoms with Gasteiger partial charge in [0.2, 0.25) is 0 Å². The van der Waals surface area contributed by atoms with Crippen LogP contribution < -0.4 is 5.73 Å². The number of nitrogens with zero attached hydrogens (tertiary/aromatic N) is 4. The second-order valence-electron chi connectivity index (χ2n) is 3.71. The number of nitriles is 1. The van der Waals surface area contributed by atoms with Crippen molar-refractivity contribution in [3.8, 4) is 6.07 Å². The molecule has 0 aliphatic rings. The second kappa shape index (κ2) is 5.14. The molecule has 0 saturated carbocycles. The lowest BCUT2D eigenvalue weighted by molar-refractivity contribution is 0.540. The van der Waals surface area contributed by atoms with Crippen molar-refractivity contribution in [2.24, 2.45) is 12.8 Å². The molecule has 0 fully saturated rings. The maximum Gasteiger partial charge on any atom is 0.190 e. The molecule has 1 aromatic heterocycles. The minimum absolute atomic E-state index is 0.703. The van der Waals surface area contributed by atoms with Gasteiger partial charge in [0, 0.05) is 12.8 Å². The molecule has 1 rings (SSSR count). The average Bonchev–Trinajstić information content (AvgIpc) is 2.59. The van der Waals surface area contributed by atoms with Gasteiger partial charge in [0.25, 0.3) is 0 Å². The van der Waals surface area contributed by atoms with E-state index in [2.05, 4.69) is 16.3 Å². The van der Waals surface area contributed by atoms with E-state index in [0.717, 1.165) is 17.3 Å². The molecule has 5 nitrogen and oxygen atoms in total. The summed E-state index contributed by atoms with van der Waals surface area (Å²) in [6, 6.07) is 2.08. The Hall–Kier alpha value is -1.06. The summed E-state index contributed by atoms with van der Waals surface area (Å²) in [5.74, 6) is 0.904. The standard InChI is InChI=1S/C9H15N5S/c1-9(11,6-10)4-3-5-15-8-13-12-7-14(8)2/h7H,3-5,11H2,1-2H3. The predicted octanol–water partition coefficient (Wildman–Crippen LogP) is 0.928. The topological polar surface area (TPSA) is 80.5 Å². The number of aryl methyl sites for hydroxylation is 1. The van der Waals surface area contributed by atoms with E-state index in [9.17, 15) is 0 Å². The Morgan fingerprint density at radius 2 is 2.47 bits per heavy atom. The van der Waals surface area contributed by atoms with Crippen LogP contribution in [0, 0.1) is 11.3 Å². The Balaban J connectivity index is 2.24. The lowest BCUT2D eigenvalue weighted by atomic mass is 10.0. The number of thioether (sulfide) groups is 1. The zero-order chi connectivity index (χ0) is 11.3. The summed E-state index contributed by atoms with van der Waals surface area (Å²) in [6.45, 7) is 1.75. The highest BCUT2D eigenvalue weighted by Crippen LogP contribution is 2.17. The van der Waals surface area contributed by atoms with E-state index in [-0.39, 0.29) is 0 Å². The summed E-state index contributed by atoms with van der Waals surface area (Å²) in [5, 5.41) is 17.3. The Morgan fingerprint density at radius 1 is 1.73 bits per heavy atom. The van der Waals surface area contributed by atoms with Crippen LogP contribution in [0.2, 0.25) is 0 Å². The normalized spacial score (nSPS) is 14.5. The molecule has 6 heteroatoms. The first kappa shape index (κ1) is 12.0. The molecule has 1 aromatic rings. The predicted molar refractivity (Wildman–Crippen MR) is 59.2 cm³/mol. The third kappa shape index (κ3) is 3.90. The number of nitrogens with two attached hydrogens (primary N) is 1. The quantitative estimate of drug-likeness (QED) is 0.595. The highest BCUT2D eigenvalue weighted by Gasteiger charge is 2.16. The molecule has 0 amide bonds. The van der Waals surface area contributed by atoms with Crippen LogP contribution in [-0.4, -0.2) is 26.1 Å². The summed E-state index contributed by atoms with van der Waals surface area (Å²) < 4.78 is 1.87. The zero-order valence-electron chi connectivity index (χ0n) is 8.97. The van der Waals surface area contributed by atoms with Crippen molar-refractivity contribution >= 4 is 11.8 Å². The molecule has 1 heterocycles. The van der Waals surface area contributed by atoms with E-state index in [4.69, 9.17) is 11.0 Å². The van der Waals surface area contributed by atoms with E-state index in [0.29, 0.717) is 6.42 Å². The van der Waals surface area contributed by atoms with Crippen molar-refractivity contribution in [1.29, 1.82) is 5.26 Å². The summed E-state index contributed by atoms with van der Waals surface area (Å²) in [6.07, 6.45) is 3.27. The van der Waals surface area contributed by atoms with Crippen LogP contribution in [0.3, 0.4) is 0 Å². The lowest BCUT2D eigenvalue weighted by Gasteiger charge is -2.13. The second-order valence-corrected chi connectivity index (χ2v) is 4.77. The molecule has 1 atom stereocenters. The summed E-state index contributed by atoms with van der Waals surface area (Å²) in [5.41, 5.74) is 4.99. The number of hydrogen-bond acceptors (Lipinski definition) is 5. The fraction of sp³-hybridized carbons (Fsp3) is 0.667. The highest BCUT2D eigenvalue weighted by molar-refractivity contribution is 7.99. The molecule has 0 aliphatic heterocycles. The zero-order valence-corrected chi connectivity index (χ0v) is 9.79. The van der Waals surface area contributed by atoms with Crippen molar-refractivity contribution in [3.63, 3.8) is 0 Å². The Morgan fingerprint density at radius 3 is 3.00 bits per heavy atom. The smallest absolute Gasteiger partial charge is 0.190 e. The van der Waals surface area contributed by atoms with Gasteiger partial charge in [0.05, 0.1) is 6.07 Å².